The van der Waals surface area contributed by atoms with Crippen molar-refractivity contribution in [2.24, 2.45) is 0 Å². The van der Waals surface area contributed by atoms with E-state index in [2.05, 4.69) is 51.7 Å². The highest BCUT2D eigenvalue weighted by Crippen LogP contribution is 2.37. The molecule has 0 aliphatic heterocycles. The summed E-state index contributed by atoms with van der Waals surface area (Å²) in [6, 6.07) is 22.6. The molecule has 2 N–H and O–H groups in total. The third kappa shape index (κ3) is 2.99. The average molecular weight is 353 g/mol. The largest absolute Gasteiger partial charge is 0.342 e. The first-order valence-electron chi connectivity index (χ1n) is 9.21. The van der Waals surface area contributed by atoms with Gasteiger partial charge in [0.1, 0.15) is 5.82 Å². The Hall–Kier alpha value is -3.40. The van der Waals surface area contributed by atoms with Crippen LogP contribution in [0, 0.1) is 0 Å². The molecule has 1 aromatic heterocycles. The van der Waals surface area contributed by atoms with Crippen LogP contribution < -0.4 is 5.32 Å². The summed E-state index contributed by atoms with van der Waals surface area (Å²) < 4.78 is 0. The topological polar surface area (TPSA) is 57.8 Å². The van der Waals surface area contributed by atoms with Crippen molar-refractivity contribution in [1.29, 1.82) is 0 Å². The van der Waals surface area contributed by atoms with Crippen LogP contribution in [0.5, 0.6) is 0 Å². The fraction of sp³-hybridized carbons (Fsp3) is 0.130. The van der Waals surface area contributed by atoms with Gasteiger partial charge in [0.2, 0.25) is 5.91 Å². The normalized spacial score (nSPS) is 12.0. The van der Waals surface area contributed by atoms with Crippen molar-refractivity contribution in [3.8, 4) is 11.1 Å². The molecule has 3 aromatic carbocycles. The zero-order chi connectivity index (χ0) is 18.2. The molecule has 0 radical (unpaired) electrons. The summed E-state index contributed by atoms with van der Waals surface area (Å²) in [5, 5.41) is 3.02. The monoisotopic (exact) mass is 353 g/mol. The van der Waals surface area contributed by atoms with Crippen molar-refractivity contribution in [2.75, 3.05) is 5.32 Å². The molecule has 5 rings (SSSR count). The number of para-hydroxylation sites is 2. The van der Waals surface area contributed by atoms with Crippen LogP contribution in [0.2, 0.25) is 0 Å². The Morgan fingerprint density at radius 3 is 2.70 bits per heavy atom. The first-order chi connectivity index (χ1) is 13.3. The fourth-order valence-corrected chi connectivity index (χ4v) is 3.80. The smallest absolute Gasteiger partial charge is 0.224 e. The van der Waals surface area contributed by atoms with Crippen LogP contribution in [0.3, 0.4) is 0 Å². The number of carbonyl (C=O) groups is 1. The Kier molecular flexibility index (Phi) is 3.75. The highest BCUT2D eigenvalue weighted by atomic mass is 16.1. The van der Waals surface area contributed by atoms with Crippen LogP contribution in [0.1, 0.15) is 23.4 Å². The number of aryl methyl sites for hydroxylation is 1. The zero-order valence-electron chi connectivity index (χ0n) is 14.8. The first kappa shape index (κ1) is 15.8. The first-order valence-corrected chi connectivity index (χ1v) is 9.21. The van der Waals surface area contributed by atoms with Gasteiger partial charge >= 0.3 is 0 Å². The highest BCUT2D eigenvalue weighted by Gasteiger charge is 2.18. The van der Waals surface area contributed by atoms with Crippen LogP contribution >= 0.6 is 0 Å². The minimum atomic E-state index is 0.00548. The van der Waals surface area contributed by atoms with Gasteiger partial charge in [-0.3, -0.25) is 4.79 Å². The molecule has 1 aliphatic rings. The number of fused-ring (bicyclic) bond motifs is 4. The number of carbonyl (C=O) groups excluding carboxylic acids is 1. The molecule has 0 spiro atoms. The number of hydrogen-bond acceptors (Lipinski definition) is 2. The number of hydrogen-bond donors (Lipinski definition) is 2. The molecule has 1 heterocycles. The Labute approximate surface area is 157 Å². The molecule has 0 saturated heterocycles. The van der Waals surface area contributed by atoms with E-state index >= 15 is 0 Å². The van der Waals surface area contributed by atoms with Crippen molar-refractivity contribution in [1.82, 2.24) is 9.97 Å². The fourth-order valence-electron chi connectivity index (χ4n) is 3.80. The van der Waals surface area contributed by atoms with Gasteiger partial charge in [-0.05, 0) is 52.9 Å². The number of aromatic nitrogens is 2. The Morgan fingerprint density at radius 1 is 0.963 bits per heavy atom. The van der Waals surface area contributed by atoms with Gasteiger partial charge in [-0.15, -0.1) is 0 Å². The predicted molar refractivity (Wildman–Crippen MR) is 108 cm³/mol. The Balaban J connectivity index is 1.25. The van der Waals surface area contributed by atoms with E-state index in [1.54, 1.807) is 0 Å². The van der Waals surface area contributed by atoms with Gasteiger partial charge < -0.3 is 10.3 Å². The lowest BCUT2D eigenvalue weighted by atomic mass is 10.1. The van der Waals surface area contributed by atoms with E-state index in [0.29, 0.717) is 12.8 Å². The Bertz CT molecular complexity index is 1130. The number of rotatable bonds is 4. The lowest BCUT2D eigenvalue weighted by Gasteiger charge is -2.07. The highest BCUT2D eigenvalue weighted by molar-refractivity contribution is 5.92. The molecule has 1 aliphatic carbocycles. The number of nitrogens with zero attached hydrogens (tertiary/aromatic N) is 1. The Morgan fingerprint density at radius 2 is 1.78 bits per heavy atom. The summed E-state index contributed by atoms with van der Waals surface area (Å²) >= 11 is 0. The van der Waals surface area contributed by atoms with Gasteiger partial charge in [0.05, 0.1) is 11.0 Å². The number of amides is 1. The molecular formula is C23H19N3O. The summed E-state index contributed by atoms with van der Waals surface area (Å²) in [5.74, 6) is 0.849. The zero-order valence-corrected chi connectivity index (χ0v) is 14.8. The van der Waals surface area contributed by atoms with Crippen molar-refractivity contribution in [2.45, 2.75) is 19.3 Å². The van der Waals surface area contributed by atoms with Crippen molar-refractivity contribution in [3.05, 3.63) is 83.7 Å². The standard InChI is InChI=1S/C23H19N3O/c27-23(12-11-22-25-20-7-3-4-8-21(20)26-22)24-17-9-10-19-16(14-17)13-15-5-1-2-6-18(15)19/h1-10,14H,11-13H2,(H,24,27)(H,25,26). The second-order valence-corrected chi connectivity index (χ2v) is 6.95. The van der Waals surface area contributed by atoms with Crippen LogP contribution in [0.25, 0.3) is 22.2 Å². The van der Waals surface area contributed by atoms with Crippen molar-refractivity contribution in [3.63, 3.8) is 0 Å². The number of benzene rings is 3. The minimum Gasteiger partial charge on any atom is -0.342 e. The molecule has 0 unspecified atom stereocenters. The quantitative estimate of drug-likeness (QED) is 0.492. The third-order valence-electron chi connectivity index (χ3n) is 5.10. The van der Waals surface area contributed by atoms with Crippen molar-refractivity contribution < 1.29 is 4.79 Å². The molecule has 4 nitrogen and oxygen atoms in total. The average Bonchev–Trinajstić information content (AvgIpc) is 3.26. The number of anilines is 1. The van der Waals surface area contributed by atoms with Crippen molar-refractivity contribution >= 4 is 22.6 Å². The molecule has 0 saturated carbocycles. The summed E-state index contributed by atoms with van der Waals surface area (Å²) in [7, 11) is 0. The van der Waals surface area contributed by atoms with Crippen LogP contribution in [0.4, 0.5) is 5.69 Å². The minimum absolute atomic E-state index is 0.00548. The lowest BCUT2D eigenvalue weighted by Crippen LogP contribution is -2.12. The van der Waals surface area contributed by atoms with Gasteiger partial charge in [0.15, 0.2) is 0 Å². The lowest BCUT2D eigenvalue weighted by molar-refractivity contribution is -0.116. The van der Waals surface area contributed by atoms with Gasteiger partial charge in [0, 0.05) is 18.5 Å². The van der Waals surface area contributed by atoms with E-state index in [9.17, 15) is 4.79 Å². The predicted octanol–water partition coefficient (Wildman–Crippen LogP) is 4.71. The summed E-state index contributed by atoms with van der Waals surface area (Å²) in [6.45, 7) is 0. The van der Waals surface area contributed by atoms with Gasteiger partial charge in [-0.1, -0.05) is 42.5 Å². The molecule has 27 heavy (non-hydrogen) atoms. The second kappa shape index (κ2) is 6.40. The van der Waals surface area contributed by atoms with E-state index in [1.807, 2.05) is 30.3 Å². The molecule has 4 heteroatoms. The molecule has 0 bridgehead atoms. The van der Waals surface area contributed by atoms with Gasteiger partial charge in [-0.2, -0.15) is 0 Å². The van der Waals surface area contributed by atoms with Crippen LogP contribution in [0.15, 0.2) is 66.7 Å². The number of H-pyrrole nitrogens is 1. The number of imidazole rings is 1. The van der Waals surface area contributed by atoms with E-state index in [4.69, 9.17) is 0 Å². The maximum absolute atomic E-state index is 12.4. The summed E-state index contributed by atoms with van der Waals surface area (Å²) in [4.78, 5) is 20.2. The maximum atomic E-state index is 12.4. The SMILES string of the molecule is O=C(CCc1nc2ccccc2[nH]1)Nc1ccc2c(c1)Cc1ccccc1-2. The number of aromatic amines is 1. The molecular weight excluding hydrogens is 334 g/mol. The van der Waals surface area contributed by atoms with Crippen LogP contribution in [-0.4, -0.2) is 15.9 Å². The van der Waals surface area contributed by atoms with Crippen LogP contribution in [-0.2, 0) is 17.6 Å². The summed E-state index contributed by atoms with van der Waals surface area (Å²) in [5.41, 5.74) is 7.99. The molecule has 132 valence electrons. The van der Waals surface area contributed by atoms with E-state index in [0.717, 1.165) is 29.0 Å². The third-order valence-corrected chi connectivity index (χ3v) is 5.10. The molecule has 0 atom stereocenters. The second-order valence-electron chi connectivity index (χ2n) is 6.95. The summed E-state index contributed by atoms with van der Waals surface area (Å²) in [6.07, 6.45) is 1.92. The van der Waals surface area contributed by atoms with E-state index in [-0.39, 0.29) is 5.91 Å². The number of nitrogens with one attached hydrogen (secondary N) is 2. The molecule has 0 fully saturated rings. The molecule has 4 aromatic rings. The van der Waals surface area contributed by atoms with E-state index in [1.165, 1.54) is 22.3 Å². The molecule has 1 amide bonds. The van der Waals surface area contributed by atoms with E-state index < -0.39 is 0 Å². The maximum Gasteiger partial charge on any atom is 0.224 e. The van der Waals surface area contributed by atoms with Gasteiger partial charge in [0.25, 0.3) is 0 Å². The van der Waals surface area contributed by atoms with Gasteiger partial charge in [-0.25, -0.2) is 4.98 Å².